The molecule has 0 saturated carbocycles. The first-order valence-corrected chi connectivity index (χ1v) is 8.06. The van der Waals surface area contributed by atoms with E-state index in [1.807, 2.05) is 11.4 Å². The fourth-order valence-corrected chi connectivity index (χ4v) is 3.44. The molecule has 0 aromatic heterocycles. The minimum atomic E-state index is -1.49. The normalized spacial score (nSPS) is 13.2. The lowest BCUT2D eigenvalue weighted by atomic mass is 9.81. The number of fused-ring (bicyclic) bond motifs is 1. The molecule has 0 N–H and O–H groups in total. The van der Waals surface area contributed by atoms with Gasteiger partial charge in [-0.1, -0.05) is 11.4 Å². The van der Waals surface area contributed by atoms with E-state index < -0.39 is 9.04 Å². The Morgan fingerprint density at radius 2 is 1.67 bits per heavy atom. The van der Waals surface area contributed by atoms with E-state index in [4.69, 9.17) is 4.43 Å². The SMILES string of the molecule is C=C[SiH](C=C)OC1=C(C)c2c1cc(C)c(C)c2C. The highest BCUT2D eigenvalue weighted by atomic mass is 28.3. The summed E-state index contributed by atoms with van der Waals surface area (Å²) >= 11 is 0. The molecule has 94 valence electrons. The Kier molecular flexibility index (Phi) is 3.31. The van der Waals surface area contributed by atoms with Crippen molar-refractivity contribution >= 4 is 20.4 Å². The lowest BCUT2D eigenvalue weighted by Crippen LogP contribution is -2.18. The molecule has 0 amide bonds. The minimum absolute atomic E-state index is 1.05. The van der Waals surface area contributed by atoms with Crippen LogP contribution in [-0.4, -0.2) is 9.04 Å². The maximum absolute atomic E-state index is 6.06. The zero-order valence-electron chi connectivity index (χ0n) is 11.6. The van der Waals surface area contributed by atoms with Crippen molar-refractivity contribution in [2.75, 3.05) is 0 Å². The lowest BCUT2D eigenvalue weighted by molar-refractivity contribution is 0.542. The van der Waals surface area contributed by atoms with Crippen LogP contribution in [0.3, 0.4) is 0 Å². The van der Waals surface area contributed by atoms with Crippen LogP contribution in [0.5, 0.6) is 0 Å². The number of hydrogen-bond acceptors (Lipinski definition) is 1. The molecule has 1 aromatic rings. The predicted octanol–water partition coefficient (Wildman–Crippen LogP) is 4.00. The second-order valence-electron chi connectivity index (χ2n) is 4.87. The molecule has 1 aliphatic rings. The van der Waals surface area contributed by atoms with Gasteiger partial charge in [-0.25, -0.2) is 0 Å². The molecule has 18 heavy (non-hydrogen) atoms. The zero-order valence-corrected chi connectivity index (χ0v) is 12.8. The Hall–Kier alpha value is -1.54. The topological polar surface area (TPSA) is 9.23 Å². The van der Waals surface area contributed by atoms with Gasteiger partial charge in [0.05, 0.1) is 0 Å². The molecule has 0 bridgehead atoms. The molecule has 0 atom stereocenters. The molecule has 0 saturated heterocycles. The molecule has 1 nitrogen and oxygen atoms in total. The van der Waals surface area contributed by atoms with Gasteiger partial charge in [-0.3, -0.25) is 0 Å². The molecule has 0 fully saturated rings. The van der Waals surface area contributed by atoms with Gasteiger partial charge < -0.3 is 4.43 Å². The lowest BCUT2D eigenvalue weighted by Gasteiger charge is -2.31. The summed E-state index contributed by atoms with van der Waals surface area (Å²) in [5.74, 6) is 1.05. The molecule has 0 heterocycles. The monoisotopic (exact) mass is 256 g/mol. The van der Waals surface area contributed by atoms with Crippen molar-refractivity contribution in [1.82, 2.24) is 0 Å². The molecule has 0 unspecified atom stereocenters. The van der Waals surface area contributed by atoms with Gasteiger partial charge in [-0.05, 0) is 61.6 Å². The standard InChI is InChI=1S/C16H20OSi/c1-7-18(8-2)17-16-13(6)15-12(5)11(4)10(3)9-14(15)16/h7-9,18H,1-2H2,3-6H3. The molecule has 1 aromatic carbocycles. The van der Waals surface area contributed by atoms with Crippen molar-refractivity contribution in [3.8, 4) is 0 Å². The summed E-state index contributed by atoms with van der Waals surface area (Å²) in [6, 6.07) is 2.23. The maximum atomic E-state index is 6.06. The highest BCUT2D eigenvalue weighted by Crippen LogP contribution is 2.44. The predicted molar refractivity (Wildman–Crippen MR) is 81.8 cm³/mol. The van der Waals surface area contributed by atoms with E-state index in [0.717, 1.165) is 5.76 Å². The van der Waals surface area contributed by atoms with Crippen molar-refractivity contribution in [2.24, 2.45) is 0 Å². The summed E-state index contributed by atoms with van der Waals surface area (Å²) in [4.78, 5) is 0. The van der Waals surface area contributed by atoms with Crippen LogP contribution >= 0.6 is 0 Å². The summed E-state index contributed by atoms with van der Waals surface area (Å²) in [5.41, 5.74) is 11.8. The fraction of sp³-hybridized carbons (Fsp3) is 0.250. The first-order chi connectivity index (χ1) is 8.51. The van der Waals surface area contributed by atoms with E-state index in [9.17, 15) is 0 Å². The molecule has 2 rings (SSSR count). The fourth-order valence-electron chi connectivity index (χ4n) is 2.48. The molecule has 2 heteroatoms. The van der Waals surface area contributed by atoms with Gasteiger partial charge in [0.2, 0.25) is 0 Å². The van der Waals surface area contributed by atoms with Crippen molar-refractivity contribution in [3.63, 3.8) is 0 Å². The molecule has 1 aliphatic carbocycles. The Labute approximate surface area is 111 Å². The highest BCUT2D eigenvalue weighted by molar-refractivity contribution is 6.64. The van der Waals surface area contributed by atoms with Crippen molar-refractivity contribution in [1.29, 1.82) is 0 Å². The van der Waals surface area contributed by atoms with Gasteiger partial charge in [-0.15, -0.1) is 13.2 Å². The number of rotatable bonds is 4. The third kappa shape index (κ3) is 1.77. The summed E-state index contributed by atoms with van der Waals surface area (Å²) in [6.45, 7) is 16.3. The van der Waals surface area contributed by atoms with E-state index in [-0.39, 0.29) is 0 Å². The maximum Gasteiger partial charge on any atom is 0.283 e. The summed E-state index contributed by atoms with van der Waals surface area (Å²) in [7, 11) is -1.49. The van der Waals surface area contributed by atoms with Gasteiger partial charge in [-0.2, -0.15) is 0 Å². The van der Waals surface area contributed by atoms with Crippen LogP contribution in [0.2, 0.25) is 0 Å². The van der Waals surface area contributed by atoms with Crippen molar-refractivity contribution in [3.05, 3.63) is 58.4 Å². The first-order valence-electron chi connectivity index (χ1n) is 6.25. The van der Waals surface area contributed by atoms with E-state index >= 15 is 0 Å². The average molecular weight is 256 g/mol. The molecule has 0 radical (unpaired) electrons. The smallest absolute Gasteiger partial charge is 0.283 e. The van der Waals surface area contributed by atoms with E-state index in [0.29, 0.717) is 0 Å². The van der Waals surface area contributed by atoms with Crippen LogP contribution in [0.25, 0.3) is 11.3 Å². The highest BCUT2D eigenvalue weighted by Gasteiger charge is 2.28. The molecular weight excluding hydrogens is 236 g/mol. The second kappa shape index (κ2) is 4.62. The zero-order chi connectivity index (χ0) is 13.4. The number of hydrogen-bond donors (Lipinski definition) is 0. The van der Waals surface area contributed by atoms with Crippen LogP contribution in [0.15, 0.2) is 30.6 Å². The quantitative estimate of drug-likeness (QED) is 0.740. The van der Waals surface area contributed by atoms with Gasteiger partial charge in [0.1, 0.15) is 5.76 Å². The number of allylic oxidation sites excluding steroid dienone is 1. The second-order valence-corrected chi connectivity index (χ2v) is 6.98. The molecule has 0 spiro atoms. The minimum Gasteiger partial charge on any atom is -0.538 e. The van der Waals surface area contributed by atoms with Crippen molar-refractivity contribution < 1.29 is 4.43 Å². The van der Waals surface area contributed by atoms with E-state index in [1.165, 1.54) is 33.4 Å². The Morgan fingerprint density at radius 1 is 1.06 bits per heavy atom. The third-order valence-electron chi connectivity index (χ3n) is 3.84. The average Bonchev–Trinajstić information content (AvgIpc) is 2.36. The molecule has 0 aliphatic heterocycles. The number of benzene rings is 1. The van der Waals surface area contributed by atoms with Crippen LogP contribution < -0.4 is 0 Å². The van der Waals surface area contributed by atoms with Gasteiger partial charge in [0, 0.05) is 5.56 Å². The van der Waals surface area contributed by atoms with Gasteiger partial charge in [0.25, 0.3) is 9.04 Å². The largest absolute Gasteiger partial charge is 0.538 e. The van der Waals surface area contributed by atoms with Crippen LogP contribution in [0.4, 0.5) is 0 Å². The van der Waals surface area contributed by atoms with E-state index in [1.54, 1.807) is 0 Å². The molecular formula is C16H20OSi. The van der Waals surface area contributed by atoms with Crippen LogP contribution in [0.1, 0.15) is 34.7 Å². The van der Waals surface area contributed by atoms with Gasteiger partial charge in [0.15, 0.2) is 0 Å². The summed E-state index contributed by atoms with van der Waals surface area (Å²) < 4.78 is 6.06. The number of aryl methyl sites for hydroxylation is 1. The summed E-state index contributed by atoms with van der Waals surface area (Å²) in [6.07, 6.45) is 0. The Bertz CT molecular complexity index is 559. The Balaban J connectivity index is 2.41. The van der Waals surface area contributed by atoms with Gasteiger partial charge >= 0.3 is 0 Å². The third-order valence-corrected chi connectivity index (χ3v) is 5.28. The first kappa shape index (κ1) is 12.9. The Morgan fingerprint density at radius 3 is 2.22 bits per heavy atom. The summed E-state index contributed by atoms with van der Waals surface area (Å²) in [5, 5.41) is 0. The van der Waals surface area contributed by atoms with Crippen LogP contribution in [-0.2, 0) is 4.43 Å². The van der Waals surface area contributed by atoms with Crippen LogP contribution in [0, 0.1) is 20.8 Å². The van der Waals surface area contributed by atoms with Crippen molar-refractivity contribution in [2.45, 2.75) is 27.7 Å². The van der Waals surface area contributed by atoms with E-state index in [2.05, 4.69) is 46.9 Å².